The van der Waals surface area contributed by atoms with E-state index in [4.69, 9.17) is 0 Å². The van der Waals surface area contributed by atoms with Gasteiger partial charge < -0.3 is 9.84 Å². The molecule has 0 aliphatic rings. The highest BCUT2D eigenvalue weighted by atomic mass is 19.4. The van der Waals surface area contributed by atoms with Gasteiger partial charge in [0.25, 0.3) is 5.91 Å². The van der Waals surface area contributed by atoms with E-state index in [0.29, 0.717) is 35.7 Å². The molecular weight excluding hydrogens is 461 g/mol. The number of para-hydroxylation sites is 1. The van der Waals surface area contributed by atoms with Crippen LogP contribution in [-0.2, 0) is 12.8 Å². The molecule has 0 fully saturated rings. The molecule has 2 N–H and O–H groups in total. The Morgan fingerprint density at radius 2 is 1.63 bits per heavy atom. The van der Waals surface area contributed by atoms with E-state index < -0.39 is 24.0 Å². The average Bonchev–Trinajstić information content (AvgIpc) is 3.17. The van der Waals surface area contributed by atoms with Gasteiger partial charge in [0.2, 0.25) is 0 Å². The molecule has 1 amide bonds. The lowest BCUT2D eigenvalue weighted by Gasteiger charge is -2.15. The number of halogens is 3. The molecule has 0 saturated carbocycles. The van der Waals surface area contributed by atoms with Crippen LogP contribution in [-0.4, -0.2) is 28.0 Å². The Morgan fingerprint density at radius 3 is 2.34 bits per heavy atom. The molecule has 0 bridgehead atoms. The number of alkyl halides is 3. The van der Waals surface area contributed by atoms with Gasteiger partial charge >= 0.3 is 12.3 Å². The summed E-state index contributed by atoms with van der Waals surface area (Å²) < 4.78 is 43.5. The number of rotatable bonds is 8. The number of aromatic nitrogens is 1. The number of hydrogen-bond acceptors (Lipinski definition) is 3. The van der Waals surface area contributed by atoms with Gasteiger partial charge in [-0.25, -0.2) is 9.47 Å². The standard InChI is InChI=1S/C26H21F3N2O4/c27-26(28,29)35-20-13-14-21(18(15-20)11-6-9-17-7-2-1-3-8-17)24(32)30-31-22-12-5-4-10-19(22)16-23(31)25(33)34/h1-5,7-8,10,12-16H,6,9,11H2,(H,30,32)(H,33,34). The summed E-state index contributed by atoms with van der Waals surface area (Å²) in [5.41, 5.74) is 4.45. The zero-order valence-electron chi connectivity index (χ0n) is 18.4. The summed E-state index contributed by atoms with van der Waals surface area (Å²) in [6, 6.07) is 21.3. The van der Waals surface area contributed by atoms with Crippen molar-refractivity contribution < 1.29 is 32.6 Å². The molecule has 9 heteroatoms. The zero-order chi connectivity index (χ0) is 25.0. The fourth-order valence-corrected chi connectivity index (χ4v) is 3.92. The topological polar surface area (TPSA) is 80.6 Å². The lowest BCUT2D eigenvalue weighted by molar-refractivity contribution is -0.274. The minimum absolute atomic E-state index is 0.127. The number of carbonyl (C=O) groups is 2. The van der Waals surface area contributed by atoms with Crippen LogP contribution in [0, 0.1) is 0 Å². The summed E-state index contributed by atoms with van der Waals surface area (Å²) in [5, 5.41) is 10.2. The molecule has 180 valence electrons. The van der Waals surface area contributed by atoms with Gasteiger partial charge in [0.05, 0.1) is 5.52 Å². The third-order valence-corrected chi connectivity index (χ3v) is 5.45. The Morgan fingerprint density at radius 1 is 0.914 bits per heavy atom. The van der Waals surface area contributed by atoms with Gasteiger partial charge in [0, 0.05) is 10.9 Å². The second kappa shape index (κ2) is 9.92. The number of hydrogen-bond donors (Lipinski definition) is 2. The third kappa shape index (κ3) is 5.81. The molecule has 0 spiro atoms. The molecule has 0 unspecified atom stereocenters. The first-order valence-corrected chi connectivity index (χ1v) is 10.8. The second-order valence-electron chi connectivity index (χ2n) is 7.88. The van der Waals surface area contributed by atoms with E-state index in [0.717, 1.165) is 16.3 Å². The number of amides is 1. The number of carboxylic acid groups (broad SMARTS) is 1. The number of carbonyl (C=O) groups excluding carboxylic acids is 1. The highest BCUT2D eigenvalue weighted by Gasteiger charge is 2.31. The van der Waals surface area contributed by atoms with Gasteiger partial charge in [-0.05, 0) is 60.7 Å². The molecule has 0 saturated heterocycles. The maximum absolute atomic E-state index is 13.2. The van der Waals surface area contributed by atoms with Crippen LogP contribution >= 0.6 is 0 Å². The highest BCUT2D eigenvalue weighted by Crippen LogP contribution is 2.27. The Kier molecular flexibility index (Phi) is 6.77. The van der Waals surface area contributed by atoms with Gasteiger partial charge in [-0.2, -0.15) is 0 Å². The van der Waals surface area contributed by atoms with E-state index in [2.05, 4.69) is 10.2 Å². The van der Waals surface area contributed by atoms with Crippen molar-refractivity contribution in [1.82, 2.24) is 4.68 Å². The number of carboxylic acids is 1. The maximum Gasteiger partial charge on any atom is 0.573 e. The predicted octanol–water partition coefficient (Wildman–Crippen LogP) is 5.80. The van der Waals surface area contributed by atoms with Gasteiger partial charge in [-0.15, -0.1) is 13.2 Å². The van der Waals surface area contributed by atoms with Crippen LogP contribution in [0.5, 0.6) is 5.75 Å². The summed E-state index contributed by atoms with van der Waals surface area (Å²) in [6.07, 6.45) is -3.32. The molecular formula is C26H21F3N2O4. The van der Waals surface area contributed by atoms with Crippen LogP contribution in [0.4, 0.5) is 13.2 Å². The minimum atomic E-state index is -4.87. The molecule has 3 aromatic carbocycles. The molecule has 35 heavy (non-hydrogen) atoms. The maximum atomic E-state index is 13.2. The Bertz CT molecular complexity index is 1360. The quantitative estimate of drug-likeness (QED) is 0.333. The van der Waals surface area contributed by atoms with Crippen molar-refractivity contribution in [3.8, 4) is 5.75 Å². The summed E-state index contributed by atoms with van der Waals surface area (Å²) in [6.45, 7) is 0. The summed E-state index contributed by atoms with van der Waals surface area (Å²) in [7, 11) is 0. The SMILES string of the molecule is O=C(Nn1c(C(=O)O)cc2ccccc21)c1ccc(OC(F)(F)F)cc1CCCc1ccccc1. The summed E-state index contributed by atoms with van der Waals surface area (Å²) >= 11 is 0. The van der Waals surface area contributed by atoms with Crippen molar-refractivity contribution in [3.05, 3.63) is 101 Å². The average molecular weight is 482 g/mol. The van der Waals surface area contributed by atoms with Crippen molar-refractivity contribution in [2.75, 3.05) is 5.43 Å². The lowest BCUT2D eigenvalue weighted by Crippen LogP contribution is -2.27. The number of benzene rings is 3. The number of nitrogens with one attached hydrogen (secondary N) is 1. The molecule has 1 heterocycles. The lowest BCUT2D eigenvalue weighted by atomic mass is 9.99. The van der Waals surface area contributed by atoms with Gasteiger partial charge in [0.1, 0.15) is 11.4 Å². The monoisotopic (exact) mass is 482 g/mol. The first-order chi connectivity index (χ1) is 16.7. The van der Waals surface area contributed by atoms with Crippen molar-refractivity contribution >= 4 is 22.8 Å². The fraction of sp³-hybridized carbons (Fsp3) is 0.154. The van der Waals surface area contributed by atoms with Crippen molar-refractivity contribution in [2.45, 2.75) is 25.6 Å². The van der Waals surface area contributed by atoms with E-state index in [1.807, 2.05) is 30.3 Å². The summed E-state index contributed by atoms with van der Waals surface area (Å²) in [5.74, 6) is -2.32. The van der Waals surface area contributed by atoms with E-state index in [9.17, 15) is 27.9 Å². The molecule has 0 atom stereocenters. The second-order valence-corrected chi connectivity index (χ2v) is 7.88. The first kappa shape index (κ1) is 23.9. The van der Waals surface area contributed by atoms with Crippen LogP contribution in [0.25, 0.3) is 10.9 Å². The first-order valence-electron chi connectivity index (χ1n) is 10.8. The van der Waals surface area contributed by atoms with E-state index in [1.54, 1.807) is 24.3 Å². The number of aryl methyl sites for hydroxylation is 2. The van der Waals surface area contributed by atoms with E-state index >= 15 is 0 Å². The Labute approximate surface area is 198 Å². The number of aromatic carboxylic acids is 1. The molecule has 1 aromatic heterocycles. The number of nitrogens with zero attached hydrogens (tertiary/aromatic N) is 1. The van der Waals surface area contributed by atoms with Crippen LogP contribution in [0.1, 0.15) is 38.4 Å². The third-order valence-electron chi connectivity index (χ3n) is 5.45. The van der Waals surface area contributed by atoms with Crippen LogP contribution < -0.4 is 10.2 Å². The Balaban J connectivity index is 1.63. The van der Waals surface area contributed by atoms with E-state index in [-0.39, 0.29) is 11.3 Å². The van der Waals surface area contributed by atoms with Gasteiger partial charge in [-0.3, -0.25) is 10.2 Å². The van der Waals surface area contributed by atoms with Crippen molar-refractivity contribution in [3.63, 3.8) is 0 Å². The Hall–Kier alpha value is -4.27. The van der Waals surface area contributed by atoms with Crippen LogP contribution in [0.3, 0.4) is 0 Å². The zero-order valence-corrected chi connectivity index (χ0v) is 18.4. The van der Waals surface area contributed by atoms with E-state index in [1.165, 1.54) is 18.2 Å². The van der Waals surface area contributed by atoms with Crippen molar-refractivity contribution in [1.29, 1.82) is 0 Å². The number of ether oxygens (including phenoxy) is 1. The molecule has 4 rings (SSSR count). The minimum Gasteiger partial charge on any atom is -0.477 e. The largest absolute Gasteiger partial charge is 0.573 e. The van der Waals surface area contributed by atoms with Crippen LogP contribution in [0.2, 0.25) is 0 Å². The molecule has 0 aliphatic carbocycles. The molecule has 6 nitrogen and oxygen atoms in total. The number of fused-ring (bicyclic) bond motifs is 1. The summed E-state index contributed by atoms with van der Waals surface area (Å²) in [4.78, 5) is 24.9. The fourth-order valence-electron chi connectivity index (χ4n) is 3.92. The highest BCUT2D eigenvalue weighted by molar-refractivity contribution is 6.04. The molecule has 0 radical (unpaired) electrons. The normalized spacial score (nSPS) is 11.4. The van der Waals surface area contributed by atoms with Crippen molar-refractivity contribution in [2.24, 2.45) is 0 Å². The van der Waals surface area contributed by atoms with Gasteiger partial charge in [-0.1, -0.05) is 48.5 Å². The van der Waals surface area contributed by atoms with Gasteiger partial charge in [0.15, 0.2) is 0 Å². The molecule has 0 aliphatic heterocycles. The molecule has 4 aromatic rings. The van der Waals surface area contributed by atoms with Crippen LogP contribution in [0.15, 0.2) is 78.9 Å². The smallest absolute Gasteiger partial charge is 0.477 e. The predicted molar refractivity (Wildman–Crippen MR) is 124 cm³/mol.